The summed E-state index contributed by atoms with van der Waals surface area (Å²) in [6.45, 7) is 3.68. The summed E-state index contributed by atoms with van der Waals surface area (Å²) in [6, 6.07) is 8.01. The largest absolute Gasteiger partial charge is 0.496 e. The summed E-state index contributed by atoms with van der Waals surface area (Å²) in [4.78, 5) is 11.7. The van der Waals surface area contributed by atoms with Gasteiger partial charge in [0.2, 0.25) is 0 Å². The normalized spacial score (nSPS) is 20.3. The van der Waals surface area contributed by atoms with Crippen LogP contribution < -0.4 is 15.4 Å². The van der Waals surface area contributed by atoms with Crippen molar-refractivity contribution in [1.82, 2.24) is 10.6 Å². The third kappa shape index (κ3) is 3.87. The van der Waals surface area contributed by atoms with E-state index in [1.54, 1.807) is 7.11 Å². The molecule has 1 aromatic rings. The highest BCUT2D eigenvalue weighted by Crippen LogP contribution is 2.44. The fourth-order valence-electron chi connectivity index (χ4n) is 2.27. The highest BCUT2D eigenvalue weighted by Gasteiger charge is 2.41. The maximum absolute atomic E-state index is 11.7. The molecule has 5 heteroatoms. The number of methoxy groups -OCH3 is 1. The molecule has 110 valence electrons. The topological polar surface area (TPSA) is 59.6 Å². The molecule has 2 atom stereocenters. The molecule has 2 rings (SSSR count). The molecule has 0 spiro atoms. The molecule has 2 amide bonds. The van der Waals surface area contributed by atoms with Crippen LogP contribution in [0.15, 0.2) is 24.3 Å². The van der Waals surface area contributed by atoms with Crippen LogP contribution in [0.1, 0.15) is 24.8 Å². The van der Waals surface area contributed by atoms with E-state index in [4.69, 9.17) is 9.47 Å². The van der Waals surface area contributed by atoms with E-state index in [0.29, 0.717) is 25.7 Å². The van der Waals surface area contributed by atoms with Crippen LogP contribution >= 0.6 is 0 Å². The van der Waals surface area contributed by atoms with Gasteiger partial charge in [-0.05, 0) is 25.0 Å². The van der Waals surface area contributed by atoms with Gasteiger partial charge in [-0.1, -0.05) is 18.2 Å². The number of carbonyl (C=O) groups excluding carboxylic acids is 1. The summed E-state index contributed by atoms with van der Waals surface area (Å²) in [5.41, 5.74) is 1.16. The van der Waals surface area contributed by atoms with Gasteiger partial charge in [-0.15, -0.1) is 0 Å². The zero-order valence-corrected chi connectivity index (χ0v) is 12.0. The first-order valence-corrected chi connectivity index (χ1v) is 7.01. The van der Waals surface area contributed by atoms with Gasteiger partial charge in [0.05, 0.1) is 13.7 Å². The molecule has 0 aromatic heterocycles. The first-order valence-electron chi connectivity index (χ1n) is 7.01. The Labute approximate surface area is 119 Å². The van der Waals surface area contributed by atoms with E-state index < -0.39 is 0 Å². The molecule has 1 aliphatic rings. The third-order valence-corrected chi connectivity index (χ3v) is 3.38. The second-order valence-corrected chi connectivity index (χ2v) is 4.79. The van der Waals surface area contributed by atoms with Gasteiger partial charge in [0.1, 0.15) is 5.75 Å². The summed E-state index contributed by atoms with van der Waals surface area (Å²) < 4.78 is 10.5. The van der Waals surface area contributed by atoms with Crippen molar-refractivity contribution in [3.8, 4) is 5.75 Å². The minimum Gasteiger partial charge on any atom is -0.496 e. The lowest BCUT2D eigenvalue weighted by atomic mass is 10.1. The van der Waals surface area contributed by atoms with Crippen LogP contribution in [0, 0.1) is 0 Å². The van der Waals surface area contributed by atoms with Gasteiger partial charge >= 0.3 is 6.03 Å². The number of rotatable bonds is 7. The van der Waals surface area contributed by atoms with Gasteiger partial charge in [0.15, 0.2) is 0 Å². The maximum Gasteiger partial charge on any atom is 0.315 e. The van der Waals surface area contributed by atoms with E-state index in [9.17, 15) is 4.79 Å². The Balaban J connectivity index is 1.76. The zero-order valence-electron chi connectivity index (χ0n) is 12.0. The number of benzene rings is 1. The Bertz CT molecular complexity index is 450. The molecule has 5 nitrogen and oxygen atoms in total. The van der Waals surface area contributed by atoms with Crippen LogP contribution in [-0.4, -0.2) is 38.9 Å². The summed E-state index contributed by atoms with van der Waals surface area (Å²) in [5, 5.41) is 5.75. The number of hydrogen-bond acceptors (Lipinski definition) is 3. The monoisotopic (exact) mass is 278 g/mol. The minimum atomic E-state index is -0.132. The van der Waals surface area contributed by atoms with E-state index in [2.05, 4.69) is 16.7 Å². The number of hydrogen-bond donors (Lipinski definition) is 2. The van der Waals surface area contributed by atoms with Crippen molar-refractivity contribution in [2.24, 2.45) is 0 Å². The molecule has 0 saturated heterocycles. The number of amides is 2. The first kappa shape index (κ1) is 14.7. The van der Waals surface area contributed by atoms with Crippen LogP contribution in [0.3, 0.4) is 0 Å². The summed E-state index contributed by atoms with van der Waals surface area (Å²) in [6.07, 6.45) is 0.958. The van der Waals surface area contributed by atoms with Gasteiger partial charge < -0.3 is 20.1 Å². The lowest BCUT2D eigenvalue weighted by Crippen LogP contribution is -2.38. The van der Waals surface area contributed by atoms with Crippen molar-refractivity contribution in [3.05, 3.63) is 29.8 Å². The van der Waals surface area contributed by atoms with Crippen LogP contribution in [0.5, 0.6) is 5.75 Å². The Kier molecular flexibility index (Phi) is 5.24. The fourth-order valence-corrected chi connectivity index (χ4v) is 2.27. The van der Waals surface area contributed by atoms with Crippen molar-refractivity contribution in [1.29, 1.82) is 0 Å². The predicted octanol–water partition coefficient (Wildman–Crippen LogP) is 1.89. The molecule has 0 aliphatic heterocycles. The number of para-hydroxylation sites is 1. The van der Waals surface area contributed by atoms with Crippen molar-refractivity contribution >= 4 is 6.03 Å². The van der Waals surface area contributed by atoms with E-state index in [-0.39, 0.29) is 12.1 Å². The standard InChI is InChI=1S/C15H22N2O3/c1-3-20-9-8-16-15(18)17-13-10-12(13)11-6-4-5-7-14(11)19-2/h4-7,12-13H,3,8-10H2,1-2H3,(H2,16,17,18). The van der Waals surface area contributed by atoms with Crippen molar-refractivity contribution in [2.45, 2.75) is 25.3 Å². The molecule has 1 aliphatic carbocycles. The fraction of sp³-hybridized carbons (Fsp3) is 0.533. The number of carbonyl (C=O) groups is 1. The molecule has 0 bridgehead atoms. The SMILES string of the molecule is CCOCCNC(=O)NC1CC1c1ccccc1OC. The molecule has 0 radical (unpaired) electrons. The Morgan fingerprint density at radius 2 is 2.20 bits per heavy atom. The molecule has 2 unspecified atom stereocenters. The van der Waals surface area contributed by atoms with Crippen molar-refractivity contribution in [2.75, 3.05) is 26.9 Å². The van der Waals surface area contributed by atoms with E-state index in [0.717, 1.165) is 17.7 Å². The van der Waals surface area contributed by atoms with Gasteiger partial charge in [-0.2, -0.15) is 0 Å². The average molecular weight is 278 g/mol. The van der Waals surface area contributed by atoms with Gasteiger partial charge in [0.25, 0.3) is 0 Å². The lowest BCUT2D eigenvalue weighted by molar-refractivity contribution is 0.149. The highest BCUT2D eigenvalue weighted by molar-refractivity contribution is 5.75. The maximum atomic E-state index is 11.7. The quantitative estimate of drug-likeness (QED) is 0.749. The van der Waals surface area contributed by atoms with Crippen LogP contribution in [0.25, 0.3) is 0 Å². The molecular weight excluding hydrogens is 256 g/mol. The molecule has 0 heterocycles. The highest BCUT2D eigenvalue weighted by atomic mass is 16.5. The Morgan fingerprint density at radius 3 is 2.95 bits per heavy atom. The van der Waals surface area contributed by atoms with E-state index >= 15 is 0 Å². The van der Waals surface area contributed by atoms with E-state index in [1.165, 1.54) is 0 Å². The third-order valence-electron chi connectivity index (χ3n) is 3.38. The summed E-state index contributed by atoms with van der Waals surface area (Å²) in [5.74, 6) is 1.24. The summed E-state index contributed by atoms with van der Waals surface area (Å²) in [7, 11) is 1.67. The number of ether oxygens (including phenoxy) is 2. The molecular formula is C15H22N2O3. The van der Waals surface area contributed by atoms with Gasteiger partial charge in [-0.3, -0.25) is 0 Å². The summed E-state index contributed by atoms with van der Waals surface area (Å²) >= 11 is 0. The molecule has 2 N–H and O–H groups in total. The van der Waals surface area contributed by atoms with Gasteiger partial charge in [0, 0.05) is 25.1 Å². The second-order valence-electron chi connectivity index (χ2n) is 4.79. The molecule has 20 heavy (non-hydrogen) atoms. The van der Waals surface area contributed by atoms with Gasteiger partial charge in [-0.25, -0.2) is 4.79 Å². The number of nitrogens with one attached hydrogen (secondary N) is 2. The number of urea groups is 1. The molecule has 1 aromatic carbocycles. The average Bonchev–Trinajstić information content (AvgIpc) is 3.22. The Hall–Kier alpha value is -1.75. The predicted molar refractivity (Wildman–Crippen MR) is 77.2 cm³/mol. The molecule has 1 saturated carbocycles. The lowest BCUT2D eigenvalue weighted by Gasteiger charge is -2.09. The minimum absolute atomic E-state index is 0.132. The van der Waals surface area contributed by atoms with E-state index in [1.807, 2.05) is 25.1 Å². The first-order chi connectivity index (χ1) is 9.76. The molecule has 1 fully saturated rings. The van der Waals surface area contributed by atoms with Crippen LogP contribution in [0.4, 0.5) is 4.79 Å². The van der Waals surface area contributed by atoms with Crippen LogP contribution in [-0.2, 0) is 4.74 Å². The Morgan fingerprint density at radius 1 is 1.40 bits per heavy atom. The smallest absolute Gasteiger partial charge is 0.315 e. The van der Waals surface area contributed by atoms with Crippen molar-refractivity contribution in [3.63, 3.8) is 0 Å². The van der Waals surface area contributed by atoms with Crippen molar-refractivity contribution < 1.29 is 14.3 Å². The second kappa shape index (κ2) is 7.14. The zero-order chi connectivity index (χ0) is 14.4. The van der Waals surface area contributed by atoms with Crippen LogP contribution in [0.2, 0.25) is 0 Å².